The number of carbonyl (C=O) groups is 1. The summed E-state index contributed by atoms with van der Waals surface area (Å²) in [5.41, 5.74) is 0.205. The number of aromatic nitrogens is 1. The van der Waals surface area contributed by atoms with Crippen molar-refractivity contribution < 1.29 is 9.53 Å². The molecule has 2 heterocycles. The van der Waals surface area contributed by atoms with Crippen LogP contribution in [-0.2, 0) is 4.74 Å². The van der Waals surface area contributed by atoms with E-state index in [1.54, 1.807) is 0 Å². The smallest absolute Gasteiger partial charge is 0.267 e. The van der Waals surface area contributed by atoms with Crippen LogP contribution in [0.2, 0.25) is 10.2 Å². The third kappa shape index (κ3) is 4.16. The molecule has 2 N–H and O–H groups in total. The summed E-state index contributed by atoms with van der Waals surface area (Å²) in [6.07, 6.45) is 0.388. The lowest BCUT2D eigenvalue weighted by Gasteiger charge is -2.45. The van der Waals surface area contributed by atoms with Crippen molar-refractivity contribution in [2.24, 2.45) is 0 Å². The molecule has 1 aliphatic rings. The van der Waals surface area contributed by atoms with Gasteiger partial charge in [0.05, 0.1) is 17.2 Å². The zero-order chi connectivity index (χ0) is 16.5. The minimum absolute atomic E-state index is 0.165. The second-order valence-electron chi connectivity index (χ2n) is 6.50. The van der Waals surface area contributed by atoms with Gasteiger partial charge in [0.2, 0.25) is 0 Å². The van der Waals surface area contributed by atoms with Gasteiger partial charge >= 0.3 is 0 Å². The Morgan fingerprint density at radius 1 is 1.41 bits per heavy atom. The molecule has 0 unspecified atom stereocenters. The highest BCUT2D eigenvalue weighted by Gasteiger charge is 2.33. The van der Waals surface area contributed by atoms with Crippen LogP contribution in [0.15, 0.2) is 6.07 Å². The van der Waals surface area contributed by atoms with Crippen LogP contribution in [0.4, 0.5) is 0 Å². The molecule has 1 aliphatic heterocycles. The number of rotatable bonds is 4. The summed E-state index contributed by atoms with van der Waals surface area (Å²) < 4.78 is 5.76. The third-order valence-electron chi connectivity index (χ3n) is 3.93. The molecule has 0 aliphatic carbocycles. The lowest BCUT2D eigenvalue weighted by molar-refractivity contribution is -0.0948. The maximum atomic E-state index is 12.2. The van der Waals surface area contributed by atoms with Crippen LogP contribution in [0.5, 0.6) is 0 Å². The van der Waals surface area contributed by atoms with Gasteiger partial charge in [-0.3, -0.25) is 9.69 Å². The predicted molar refractivity (Wildman–Crippen MR) is 88.8 cm³/mol. The Labute approximate surface area is 141 Å². The fraction of sp³-hybridized carbons (Fsp3) is 0.667. The third-order valence-corrected chi connectivity index (χ3v) is 4.62. The molecule has 0 radical (unpaired) electrons. The van der Waals surface area contributed by atoms with Crippen molar-refractivity contribution in [1.82, 2.24) is 15.2 Å². The summed E-state index contributed by atoms with van der Waals surface area (Å²) in [4.78, 5) is 17.3. The van der Waals surface area contributed by atoms with Crippen LogP contribution in [0.25, 0.3) is 0 Å². The molecule has 1 amide bonds. The van der Waals surface area contributed by atoms with Gasteiger partial charge in [0.1, 0.15) is 10.8 Å². The van der Waals surface area contributed by atoms with Gasteiger partial charge in [-0.15, -0.1) is 0 Å². The molecule has 2 rings (SSSR count). The Balaban J connectivity index is 1.95. The normalized spacial score (nSPS) is 23.5. The first-order valence-electron chi connectivity index (χ1n) is 7.42. The van der Waals surface area contributed by atoms with E-state index in [4.69, 9.17) is 27.9 Å². The van der Waals surface area contributed by atoms with E-state index in [1.165, 1.54) is 6.07 Å². The molecule has 22 heavy (non-hydrogen) atoms. The van der Waals surface area contributed by atoms with E-state index in [0.29, 0.717) is 17.3 Å². The molecule has 0 bridgehead atoms. The van der Waals surface area contributed by atoms with Crippen molar-refractivity contribution in [3.8, 4) is 0 Å². The number of morpholine rings is 1. The Morgan fingerprint density at radius 3 is 2.50 bits per heavy atom. The van der Waals surface area contributed by atoms with E-state index in [-0.39, 0.29) is 28.8 Å². The molecule has 2 atom stereocenters. The lowest BCUT2D eigenvalue weighted by Crippen LogP contribution is -2.58. The number of nitrogens with one attached hydrogen (secondary N) is 2. The van der Waals surface area contributed by atoms with Gasteiger partial charge in [0.15, 0.2) is 0 Å². The van der Waals surface area contributed by atoms with Gasteiger partial charge in [-0.1, -0.05) is 23.2 Å². The van der Waals surface area contributed by atoms with Crippen molar-refractivity contribution in [1.29, 1.82) is 0 Å². The summed E-state index contributed by atoms with van der Waals surface area (Å²) in [5, 5.41) is 3.57. The maximum absolute atomic E-state index is 12.2. The van der Waals surface area contributed by atoms with Crippen LogP contribution >= 0.6 is 23.2 Å². The number of carbonyl (C=O) groups excluding carboxylic acids is 1. The number of nitrogens with zero attached hydrogens (tertiary/aromatic N) is 1. The SMILES string of the molecule is C[C@H]1CN(C(C)(C)CNC(=O)c2cc(Cl)c(Cl)[nH]2)C[C@H](C)O1. The van der Waals surface area contributed by atoms with Crippen molar-refractivity contribution >= 4 is 29.1 Å². The van der Waals surface area contributed by atoms with E-state index in [2.05, 4.69) is 42.9 Å². The maximum Gasteiger partial charge on any atom is 0.267 e. The zero-order valence-electron chi connectivity index (χ0n) is 13.4. The fourth-order valence-electron chi connectivity index (χ4n) is 2.70. The van der Waals surface area contributed by atoms with Gasteiger partial charge in [-0.2, -0.15) is 0 Å². The summed E-state index contributed by atoms with van der Waals surface area (Å²) >= 11 is 11.7. The quantitative estimate of drug-likeness (QED) is 0.880. The minimum Gasteiger partial charge on any atom is -0.373 e. The lowest BCUT2D eigenvalue weighted by atomic mass is 10.00. The Hall–Kier alpha value is -0.750. The molecule has 1 aromatic heterocycles. The van der Waals surface area contributed by atoms with E-state index >= 15 is 0 Å². The topological polar surface area (TPSA) is 57.4 Å². The monoisotopic (exact) mass is 347 g/mol. The first kappa shape index (κ1) is 17.6. The molecule has 0 saturated carbocycles. The van der Waals surface area contributed by atoms with Crippen LogP contribution in [-0.4, -0.2) is 53.2 Å². The fourth-order valence-corrected chi connectivity index (χ4v) is 3.01. The zero-order valence-corrected chi connectivity index (χ0v) is 14.9. The average molecular weight is 348 g/mol. The highest BCUT2D eigenvalue weighted by Crippen LogP contribution is 2.23. The van der Waals surface area contributed by atoms with E-state index in [0.717, 1.165) is 13.1 Å². The largest absolute Gasteiger partial charge is 0.373 e. The molecule has 1 saturated heterocycles. The average Bonchev–Trinajstić information content (AvgIpc) is 2.75. The Kier molecular flexibility index (Phi) is 5.43. The molecule has 124 valence electrons. The second kappa shape index (κ2) is 6.79. The van der Waals surface area contributed by atoms with Crippen LogP contribution in [0, 0.1) is 0 Å². The van der Waals surface area contributed by atoms with Crippen molar-refractivity contribution in [2.45, 2.75) is 45.4 Å². The van der Waals surface area contributed by atoms with Crippen LogP contribution in [0.1, 0.15) is 38.2 Å². The molecule has 0 spiro atoms. The number of aromatic amines is 1. The van der Waals surface area contributed by atoms with Gasteiger partial charge in [0, 0.05) is 25.2 Å². The van der Waals surface area contributed by atoms with Crippen molar-refractivity contribution in [2.75, 3.05) is 19.6 Å². The highest BCUT2D eigenvalue weighted by atomic mass is 35.5. The first-order valence-corrected chi connectivity index (χ1v) is 8.17. The Bertz CT molecular complexity index is 515. The molecule has 7 heteroatoms. The number of halogens is 2. The summed E-state index contributed by atoms with van der Waals surface area (Å²) in [6, 6.07) is 1.53. The van der Waals surface area contributed by atoms with Crippen LogP contribution < -0.4 is 5.32 Å². The molecule has 1 fully saturated rings. The summed E-state index contributed by atoms with van der Waals surface area (Å²) in [6.45, 7) is 10.6. The second-order valence-corrected chi connectivity index (χ2v) is 7.29. The van der Waals surface area contributed by atoms with E-state index in [1.807, 2.05) is 0 Å². The van der Waals surface area contributed by atoms with Crippen molar-refractivity contribution in [3.05, 3.63) is 21.9 Å². The van der Waals surface area contributed by atoms with Crippen molar-refractivity contribution in [3.63, 3.8) is 0 Å². The minimum atomic E-state index is -0.212. The number of H-pyrrole nitrogens is 1. The number of amides is 1. The predicted octanol–water partition coefficient (Wildman–Crippen LogP) is 2.94. The number of ether oxygens (including phenoxy) is 1. The molecule has 5 nitrogen and oxygen atoms in total. The Morgan fingerprint density at radius 2 is 2.00 bits per heavy atom. The molecule has 0 aromatic carbocycles. The van der Waals surface area contributed by atoms with Crippen LogP contribution in [0.3, 0.4) is 0 Å². The molecule has 1 aromatic rings. The first-order chi connectivity index (χ1) is 10.2. The molecular weight excluding hydrogens is 325 g/mol. The van der Waals surface area contributed by atoms with Gasteiger partial charge in [-0.05, 0) is 33.8 Å². The van der Waals surface area contributed by atoms with Gasteiger partial charge < -0.3 is 15.0 Å². The highest BCUT2D eigenvalue weighted by molar-refractivity contribution is 6.41. The van der Waals surface area contributed by atoms with Gasteiger partial charge in [0.25, 0.3) is 5.91 Å². The van der Waals surface area contributed by atoms with E-state index < -0.39 is 0 Å². The van der Waals surface area contributed by atoms with Gasteiger partial charge in [-0.25, -0.2) is 0 Å². The summed E-state index contributed by atoms with van der Waals surface area (Å²) in [5.74, 6) is -0.212. The summed E-state index contributed by atoms with van der Waals surface area (Å²) in [7, 11) is 0. The molecular formula is C15H23Cl2N3O2. The number of hydrogen-bond donors (Lipinski definition) is 2. The number of hydrogen-bond acceptors (Lipinski definition) is 3. The van der Waals surface area contributed by atoms with E-state index in [9.17, 15) is 4.79 Å². The standard InChI is InChI=1S/C15H23Cl2N3O2/c1-9-6-20(7-10(2)22-9)15(3,4)8-18-14(21)12-5-11(16)13(17)19-12/h5,9-10,19H,6-8H2,1-4H3,(H,18,21)/t9-,10-/m0/s1.